The molecule has 0 aliphatic carbocycles. The van der Waals surface area contributed by atoms with Crippen LogP contribution in [0.25, 0.3) is 0 Å². The van der Waals surface area contributed by atoms with Crippen LogP contribution in [-0.2, 0) is 0 Å². The highest BCUT2D eigenvalue weighted by Crippen LogP contribution is 2.04. The van der Waals surface area contributed by atoms with Crippen LogP contribution in [0.1, 0.15) is 36.2 Å². The van der Waals surface area contributed by atoms with Gasteiger partial charge in [-0.2, -0.15) is 11.8 Å². The number of nitrogens with zero attached hydrogens (tertiary/aromatic N) is 2. The van der Waals surface area contributed by atoms with E-state index in [1.807, 2.05) is 11.8 Å². The lowest BCUT2D eigenvalue weighted by atomic mass is 10.2. The highest BCUT2D eigenvalue weighted by Gasteiger charge is 2.06. The molecular formula is C13H22N4OS. The number of hydrogen-bond acceptors (Lipinski definition) is 5. The van der Waals surface area contributed by atoms with E-state index in [9.17, 15) is 4.79 Å². The Balaban J connectivity index is 2.16. The van der Waals surface area contributed by atoms with Gasteiger partial charge in [0.2, 0.25) is 0 Å². The first-order valence-corrected chi connectivity index (χ1v) is 7.94. The second kappa shape index (κ2) is 9.61. The van der Waals surface area contributed by atoms with Crippen LogP contribution >= 0.6 is 11.8 Å². The van der Waals surface area contributed by atoms with Crippen molar-refractivity contribution in [3.63, 3.8) is 0 Å². The molecule has 0 unspecified atom stereocenters. The number of rotatable bonds is 9. The molecule has 0 radical (unpaired) electrons. The summed E-state index contributed by atoms with van der Waals surface area (Å²) in [6.07, 6.45) is 9.82. The largest absolute Gasteiger partial charge is 0.372 e. The van der Waals surface area contributed by atoms with Gasteiger partial charge >= 0.3 is 0 Å². The average molecular weight is 282 g/mol. The molecule has 1 amide bonds. The number of aromatic nitrogens is 2. The first-order valence-electron chi connectivity index (χ1n) is 6.55. The first-order chi connectivity index (χ1) is 9.27. The summed E-state index contributed by atoms with van der Waals surface area (Å²) in [5.74, 6) is 1.73. The summed E-state index contributed by atoms with van der Waals surface area (Å²) in [6.45, 7) is 0.702. The minimum Gasteiger partial charge on any atom is -0.372 e. The van der Waals surface area contributed by atoms with Crippen molar-refractivity contribution in [3.05, 3.63) is 18.1 Å². The summed E-state index contributed by atoms with van der Waals surface area (Å²) < 4.78 is 0. The maximum Gasteiger partial charge on any atom is 0.271 e. The van der Waals surface area contributed by atoms with E-state index >= 15 is 0 Å². The Morgan fingerprint density at radius 3 is 2.63 bits per heavy atom. The van der Waals surface area contributed by atoms with Gasteiger partial charge in [0, 0.05) is 13.6 Å². The molecule has 1 aromatic heterocycles. The lowest BCUT2D eigenvalue weighted by Crippen LogP contribution is -2.25. The van der Waals surface area contributed by atoms with Gasteiger partial charge in [0.15, 0.2) is 0 Å². The molecule has 6 heteroatoms. The normalized spacial score (nSPS) is 10.2. The number of unbranched alkanes of at least 4 members (excludes halogenated alkanes) is 3. The number of nitrogens with one attached hydrogen (secondary N) is 2. The van der Waals surface area contributed by atoms with Crippen molar-refractivity contribution >= 4 is 23.5 Å². The fourth-order valence-corrected chi connectivity index (χ4v) is 2.08. The van der Waals surface area contributed by atoms with Crippen molar-refractivity contribution < 1.29 is 4.79 Å². The third-order valence-corrected chi connectivity index (χ3v) is 3.40. The van der Waals surface area contributed by atoms with Crippen molar-refractivity contribution in [3.8, 4) is 0 Å². The predicted octanol–water partition coefficient (Wildman–Crippen LogP) is 2.17. The molecule has 1 heterocycles. The van der Waals surface area contributed by atoms with E-state index in [2.05, 4.69) is 26.9 Å². The summed E-state index contributed by atoms with van der Waals surface area (Å²) in [7, 11) is 1.76. The fourth-order valence-electron chi connectivity index (χ4n) is 1.59. The molecule has 106 valence electrons. The molecule has 0 saturated heterocycles. The number of amides is 1. The molecule has 19 heavy (non-hydrogen) atoms. The third kappa shape index (κ3) is 6.42. The zero-order valence-electron chi connectivity index (χ0n) is 11.6. The number of hydrogen-bond donors (Lipinski definition) is 2. The molecule has 0 aliphatic heterocycles. The molecular weight excluding hydrogens is 260 g/mol. The van der Waals surface area contributed by atoms with Gasteiger partial charge in [-0.1, -0.05) is 12.8 Å². The molecule has 0 fully saturated rings. The van der Waals surface area contributed by atoms with Crippen LogP contribution in [-0.4, -0.2) is 41.5 Å². The van der Waals surface area contributed by atoms with Crippen LogP contribution in [0.2, 0.25) is 0 Å². The summed E-state index contributed by atoms with van der Waals surface area (Å²) in [6, 6.07) is 0. The van der Waals surface area contributed by atoms with Gasteiger partial charge in [-0.25, -0.2) is 9.97 Å². The maximum absolute atomic E-state index is 11.7. The summed E-state index contributed by atoms with van der Waals surface area (Å²) in [5.41, 5.74) is 0.362. The van der Waals surface area contributed by atoms with Crippen molar-refractivity contribution in [2.45, 2.75) is 25.7 Å². The number of anilines is 1. The zero-order chi connectivity index (χ0) is 13.9. The first kappa shape index (κ1) is 15.8. The molecule has 1 aromatic rings. The lowest BCUT2D eigenvalue weighted by molar-refractivity contribution is 0.0947. The van der Waals surface area contributed by atoms with E-state index in [1.165, 1.54) is 24.8 Å². The average Bonchev–Trinajstić information content (AvgIpc) is 2.46. The highest BCUT2D eigenvalue weighted by atomic mass is 32.2. The molecule has 1 rings (SSSR count). The van der Waals surface area contributed by atoms with Gasteiger partial charge in [0.25, 0.3) is 5.91 Å². The molecule has 0 atom stereocenters. The smallest absolute Gasteiger partial charge is 0.271 e. The summed E-state index contributed by atoms with van der Waals surface area (Å²) >= 11 is 1.88. The highest BCUT2D eigenvalue weighted by molar-refractivity contribution is 7.98. The fraction of sp³-hybridized carbons (Fsp3) is 0.615. The van der Waals surface area contributed by atoms with E-state index in [-0.39, 0.29) is 5.91 Å². The number of thioether (sulfide) groups is 1. The van der Waals surface area contributed by atoms with Gasteiger partial charge in [0.05, 0.1) is 12.4 Å². The van der Waals surface area contributed by atoms with Crippen molar-refractivity contribution in [2.24, 2.45) is 0 Å². The maximum atomic E-state index is 11.7. The lowest BCUT2D eigenvalue weighted by Gasteiger charge is -2.05. The summed E-state index contributed by atoms with van der Waals surface area (Å²) in [4.78, 5) is 19.9. The van der Waals surface area contributed by atoms with Gasteiger partial charge in [0.1, 0.15) is 11.5 Å². The Kier molecular flexibility index (Phi) is 7.97. The molecule has 0 aliphatic rings. The topological polar surface area (TPSA) is 66.9 Å². The van der Waals surface area contributed by atoms with E-state index in [1.54, 1.807) is 13.2 Å². The third-order valence-electron chi connectivity index (χ3n) is 2.70. The Morgan fingerprint density at radius 2 is 2.00 bits per heavy atom. The standard InChI is InChI=1S/C13H22N4OS/c1-14-12-10-16-11(9-17-12)13(18)15-7-5-3-4-6-8-19-2/h9-10H,3-8H2,1-2H3,(H,14,17)(H,15,18). The van der Waals surface area contributed by atoms with E-state index in [4.69, 9.17) is 0 Å². The second-order valence-electron chi connectivity index (χ2n) is 4.20. The van der Waals surface area contributed by atoms with Crippen molar-refractivity contribution in [1.29, 1.82) is 0 Å². The second-order valence-corrected chi connectivity index (χ2v) is 5.19. The Morgan fingerprint density at radius 1 is 1.21 bits per heavy atom. The molecule has 5 nitrogen and oxygen atoms in total. The van der Waals surface area contributed by atoms with Gasteiger partial charge < -0.3 is 10.6 Å². The van der Waals surface area contributed by atoms with Gasteiger partial charge in [-0.15, -0.1) is 0 Å². The molecule has 2 N–H and O–H groups in total. The van der Waals surface area contributed by atoms with E-state index < -0.39 is 0 Å². The van der Waals surface area contributed by atoms with Crippen LogP contribution < -0.4 is 10.6 Å². The van der Waals surface area contributed by atoms with E-state index in [0.29, 0.717) is 18.1 Å². The Bertz CT molecular complexity index is 369. The van der Waals surface area contributed by atoms with Gasteiger partial charge in [-0.05, 0) is 24.9 Å². The van der Waals surface area contributed by atoms with Gasteiger partial charge in [-0.3, -0.25) is 4.79 Å². The Labute approximate surface area is 119 Å². The zero-order valence-corrected chi connectivity index (χ0v) is 12.4. The van der Waals surface area contributed by atoms with Crippen molar-refractivity contribution in [1.82, 2.24) is 15.3 Å². The summed E-state index contributed by atoms with van der Waals surface area (Å²) in [5, 5.41) is 5.72. The molecule has 0 bridgehead atoms. The minimum absolute atomic E-state index is 0.153. The van der Waals surface area contributed by atoms with E-state index in [0.717, 1.165) is 12.8 Å². The van der Waals surface area contributed by atoms with Crippen LogP contribution in [0.4, 0.5) is 5.82 Å². The number of carbonyl (C=O) groups is 1. The van der Waals surface area contributed by atoms with Crippen LogP contribution in [0.5, 0.6) is 0 Å². The molecule has 0 aromatic carbocycles. The SMILES string of the molecule is CNc1cnc(C(=O)NCCCCCCSC)cn1. The quantitative estimate of drug-likeness (QED) is 0.680. The van der Waals surface area contributed by atoms with Crippen LogP contribution in [0.15, 0.2) is 12.4 Å². The molecule has 0 spiro atoms. The van der Waals surface area contributed by atoms with Crippen molar-refractivity contribution in [2.75, 3.05) is 30.9 Å². The monoisotopic (exact) mass is 282 g/mol. The van der Waals surface area contributed by atoms with Crippen LogP contribution in [0, 0.1) is 0 Å². The minimum atomic E-state index is -0.153. The predicted molar refractivity (Wildman–Crippen MR) is 80.8 cm³/mol. The van der Waals surface area contributed by atoms with Crippen LogP contribution in [0.3, 0.4) is 0 Å². The number of carbonyl (C=O) groups excluding carboxylic acids is 1. The molecule has 0 saturated carbocycles. The Hall–Kier alpha value is -1.30.